The van der Waals surface area contributed by atoms with Crippen LogP contribution >= 0.6 is 15.9 Å². The number of benzene rings is 1. The van der Waals surface area contributed by atoms with E-state index in [1.54, 1.807) is 0 Å². The summed E-state index contributed by atoms with van der Waals surface area (Å²) in [6.07, 6.45) is 0. The zero-order chi connectivity index (χ0) is 13.3. The van der Waals surface area contributed by atoms with Crippen LogP contribution < -0.4 is 5.32 Å². The minimum Gasteiger partial charge on any atom is -0.347 e. The fraction of sp³-hybridized carbons (Fsp3) is 0.500. The Morgan fingerprint density at radius 2 is 1.53 bits per heavy atom. The first-order chi connectivity index (χ1) is 7.63. The van der Waals surface area contributed by atoms with E-state index in [-0.39, 0.29) is 16.9 Å². The van der Waals surface area contributed by atoms with Crippen molar-refractivity contribution in [1.29, 1.82) is 0 Å². The number of nitrogens with one attached hydrogen (secondary N) is 1. The van der Waals surface area contributed by atoms with E-state index in [0.29, 0.717) is 0 Å². The van der Waals surface area contributed by atoms with Crippen molar-refractivity contribution in [2.75, 3.05) is 0 Å². The topological polar surface area (TPSA) is 29.1 Å². The van der Waals surface area contributed by atoms with Crippen LogP contribution in [-0.2, 0) is 10.3 Å². The van der Waals surface area contributed by atoms with Crippen LogP contribution in [0, 0.1) is 5.41 Å². The first-order valence-electron chi connectivity index (χ1n) is 5.71. The predicted molar refractivity (Wildman–Crippen MR) is 74.8 cm³/mol. The molecule has 0 saturated carbocycles. The molecule has 0 atom stereocenters. The van der Waals surface area contributed by atoms with Gasteiger partial charge in [-0.2, -0.15) is 0 Å². The molecule has 0 spiro atoms. The summed E-state index contributed by atoms with van der Waals surface area (Å²) < 4.78 is 1.04. The highest BCUT2D eigenvalue weighted by molar-refractivity contribution is 9.10. The fourth-order valence-corrected chi connectivity index (χ4v) is 1.67. The molecule has 0 aliphatic rings. The lowest BCUT2D eigenvalue weighted by Crippen LogP contribution is -2.46. The molecule has 2 nitrogen and oxygen atoms in total. The molecule has 1 rings (SSSR count). The molecule has 0 aromatic heterocycles. The quantitative estimate of drug-likeness (QED) is 0.883. The van der Waals surface area contributed by atoms with Crippen molar-refractivity contribution in [2.45, 2.75) is 40.2 Å². The molecule has 1 aromatic carbocycles. The number of rotatable bonds is 2. The van der Waals surface area contributed by atoms with Gasteiger partial charge in [0.05, 0.1) is 5.54 Å². The molecule has 0 aliphatic heterocycles. The number of hydrogen-bond acceptors (Lipinski definition) is 1. The van der Waals surface area contributed by atoms with Crippen LogP contribution in [0.3, 0.4) is 0 Å². The van der Waals surface area contributed by atoms with Gasteiger partial charge < -0.3 is 5.32 Å². The summed E-state index contributed by atoms with van der Waals surface area (Å²) in [4.78, 5) is 12.0. The van der Waals surface area contributed by atoms with Crippen molar-refractivity contribution < 1.29 is 4.79 Å². The summed E-state index contributed by atoms with van der Waals surface area (Å²) in [6.45, 7) is 9.78. The number of carbonyl (C=O) groups excluding carboxylic acids is 1. The zero-order valence-corrected chi connectivity index (χ0v) is 12.7. The number of amides is 1. The van der Waals surface area contributed by atoms with Crippen molar-refractivity contribution in [3.63, 3.8) is 0 Å². The van der Waals surface area contributed by atoms with E-state index >= 15 is 0 Å². The molecular weight excluding hydrogens is 278 g/mol. The fourth-order valence-electron chi connectivity index (χ4n) is 1.41. The number of hydrogen-bond donors (Lipinski definition) is 1. The number of carbonyl (C=O) groups is 1. The van der Waals surface area contributed by atoms with Crippen LogP contribution in [0.15, 0.2) is 28.7 Å². The average molecular weight is 298 g/mol. The van der Waals surface area contributed by atoms with Crippen molar-refractivity contribution in [2.24, 2.45) is 5.41 Å². The van der Waals surface area contributed by atoms with Crippen LogP contribution in [0.25, 0.3) is 0 Å². The van der Waals surface area contributed by atoms with Gasteiger partial charge in [-0.25, -0.2) is 0 Å². The van der Waals surface area contributed by atoms with Crippen LogP contribution in [0.4, 0.5) is 0 Å². The maximum Gasteiger partial charge on any atom is 0.226 e. The lowest BCUT2D eigenvalue weighted by Gasteiger charge is -2.30. The van der Waals surface area contributed by atoms with Crippen LogP contribution in [0.1, 0.15) is 40.2 Å². The third-order valence-electron chi connectivity index (χ3n) is 2.67. The summed E-state index contributed by atoms with van der Waals surface area (Å²) in [6, 6.07) is 8.01. The summed E-state index contributed by atoms with van der Waals surface area (Å²) in [5.41, 5.74) is 0.371. The minimum atomic E-state index is -0.368. The molecule has 3 heteroatoms. The van der Waals surface area contributed by atoms with Gasteiger partial charge in [0.2, 0.25) is 5.91 Å². The second-order valence-corrected chi connectivity index (χ2v) is 6.75. The lowest BCUT2D eigenvalue weighted by atomic mass is 9.90. The molecule has 0 heterocycles. The Morgan fingerprint density at radius 3 is 1.94 bits per heavy atom. The van der Waals surface area contributed by atoms with E-state index < -0.39 is 0 Å². The minimum absolute atomic E-state index is 0.0606. The largest absolute Gasteiger partial charge is 0.347 e. The monoisotopic (exact) mass is 297 g/mol. The molecule has 0 fully saturated rings. The van der Waals surface area contributed by atoms with E-state index in [9.17, 15) is 4.79 Å². The molecule has 1 amide bonds. The van der Waals surface area contributed by atoms with Crippen molar-refractivity contribution in [3.8, 4) is 0 Å². The molecule has 0 aliphatic carbocycles. The van der Waals surface area contributed by atoms with Gasteiger partial charge >= 0.3 is 0 Å². The molecule has 0 radical (unpaired) electrons. The van der Waals surface area contributed by atoms with Gasteiger partial charge in [-0.1, -0.05) is 48.8 Å². The zero-order valence-electron chi connectivity index (χ0n) is 11.1. The summed E-state index contributed by atoms with van der Waals surface area (Å²) in [7, 11) is 0. The standard InChI is InChI=1S/C14H20BrNO/c1-13(2,3)12(17)16-14(4,5)10-6-8-11(15)9-7-10/h6-9H,1-5H3,(H,16,17). The third kappa shape index (κ3) is 3.84. The maximum atomic E-state index is 12.0. The van der Waals surface area contributed by atoms with Gasteiger partial charge in [0.25, 0.3) is 0 Å². The van der Waals surface area contributed by atoms with Crippen molar-refractivity contribution >= 4 is 21.8 Å². The molecular formula is C14H20BrNO. The lowest BCUT2D eigenvalue weighted by molar-refractivity contribution is -0.130. The van der Waals surface area contributed by atoms with E-state index in [1.807, 2.05) is 58.9 Å². The Labute approximate surface area is 112 Å². The van der Waals surface area contributed by atoms with Crippen LogP contribution in [-0.4, -0.2) is 5.91 Å². The highest BCUT2D eigenvalue weighted by Crippen LogP contribution is 2.24. The Hall–Kier alpha value is -0.830. The first kappa shape index (κ1) is 14.2. The number of halogens is 1. The molecule has 94 valence electrons. The molecule has 0 bridgehead atoms. The highest BCUT2D eigenvalue weighted by atomic mass is 79.9. The smallest absolute Gasteiger partial charge is 0.226 e. The van der Waals surface area contributed by atoms with E-state index in [2.05, 4.69) is 21.2 Å². The Kier molecular flexibility index (Phi) is 4.03. The Morgan fingerprint density at radius 1 is 1.06 bits per heavy atom. The van der Waals surface area contributed by atoms with Crippen molar-refractivity contribution in [1.82, 2.24) is 5.32 Å². The van der Waals surface area contributed by atoms with Crippen molar-refractivity contribution in [3.05, 3.63) is 34.3 Å². The summed E-state index contributed by atoms with van der Waals surface area (Å²) in [5, 5.41) is 3.08. The summed E-state index contributed by atoms with van der Waals surface area (Å²) >= 11 is 3.41. The SMILES string of the molecule is CC(C)(C)C(=O)NC(C)(C)c1ccc(Br)cc1. The molecule has 1 aromatic rings. The molecule has 17 heavy (non-hydrogen) atoms. The van der Waals surface area contributed by atoms with Gasteiger partial charge in [-0.3, -0.25) is 4.79 Å². The second-order valence-electron chi connectivity index (χ2n) is 5.84. The Bertz CT molecular complexity index is 401. The highest BCUT2D eigenvalue weighted by Gasteiger charge is 2.29. The van der Waals surface area contributed by atoms with Gasteiger partial charge in [0, 0.05) is 9.89 Å². The predicted octanol–water partition coefficient (Wildman–Crippen LogP) is 3.85. The first-order valence-corrected chi connectivity index (χ1v) is 6.51. The third-order valence-corrected chi connectivity index (χ3v) is 3.20. The van der Waals surface area contributed by atoms with Gasteiger partial charge in [0.1, 0.15) is 0 Å². The van der Waals surface area contributed by atoms with Gasteiger partial charge in [-0.05, 0) is 31.5 Å². The molecule has 0 saturated heterocycles. The van der Waals surface area contributed by atoms with E-state index in [4.69, 9.17) is 0 Å². The van der Waals surface area contributed by atoms with Crippen LogP contribution in [0.2, 0.25) is 0 Å². The maximum absolute atomic E-state index is 12.0. The average Bonchev–Trinajstić information content (AvgIpc) is 2.16. The summed E-state index contributed by atoms with van der Waals surface area (Å²) in [5.74, 6) is 0.0606. The van der Waals surface area contributed by atoms with Crippen LogP contribution in [0.5, 0.6) is 0 Å². The normalized spacial score (nSPS) is 12.4. The Balaban J connectivity index is 2.89. The van der Waals surface area contributed by atoms with Gasteiger partial charge in [-0.15, -0.1) is 0 Å². The van der Waals surface area contributed by atoms with E-state index in [0.717, 1.165) is 10.0 Å². The molecule has 0 unspecified atom stereocenters. The second kappa shape index (κ2) is 4.81. The van der Waals surface area contributed by atoms with Gasteiger partial charge in [0.15, 0.2) is 0 Å². The van der Waals surface area contributed by atoms with E-state index in [1.165, 1.54) is 0 Å². The molecule has 1 N–H and O–H groups in total.